The van der Waals surface area contributed by atoms with E-state index in [1.807, 2.05) is 12.2 Å². The van der Waals surface area contributed by atoms with Crippen LogP contribution in [-0.2, 0) is 26.2 Å². The average Bonchev–Trinajstić information content (AvgIpc) is 2.80. The first-order chi connectivity index (χ1) is 6.61. The average molecular weight is 280 g/mol. The van der Waals surface area contributed by atoms with Crippen LogP contribution in [0.5, 0.6) is 0 Å². The number of rotatable bonds is 0. The summed E-state index contributed by atoms with van der Waals surface area (Å²) < 4.78 is 0. The second-order valence-electron chi connectivity index (χ2n) is 4.45. The van der Waals surface area contributed by atoms with E-state index in [-0.39, 0.29) is 29.1 Å². The van der Waals surface area contributed by atoms with Crippen LogP contribution < -0.4 is 0 Å². The summed E-state index contributed by atoms with van der Waals surface area (Å²) in [5.74, 6) is 0. The molecule has 2 rings (SSSR count). The van der Waals surface area contributed by atoms with Crippen LogP contribution in [0, 0.1) is 17.6 Å². The van der Waals surface area contributed by atoms with Crippen molar-refractivity contribution in [2.45, 2.75) is 33.6 Å². The van der Waals surface area contributed by atoms with Crippen molar-refractivity contribution in [1.29, 1.82) is 0 Å². The summed E-state index contributed by atoms with van der Waals surface area (Å²) in [4.78, 5) is 0. The molecule has 1 heteroatoms. The van der Waals surface area contributed by atoms with E-state index in [1.165, 1.54) is 5.57 Å². The van der Waals surface area contributed by atoms with Crippen LogP contribution in [0.15, 0.2) is 36.0 Å². The Labute approximate surface area is 116 Å². The standard InChI is InChI=1S/C9H13.C5H5.Zr.2H/c1-9(2,3)8-6-4-5-7-8;1-2-4-5-3-1;;;/h4,6H,5H2,1-3H3;1-3H,4H2;;;/q2*-1;+2;2*-1. The number of hydrogen-bond donors (Lipinski definition) is 0. The van der Waals surface area contributed by atoms with Gasteiger partial charge in [0.15, 0.2) is 0 Å². The summed E-state index contributed by atoms with van der Waals surface area (Å²) in [7, 11) is 0. The molecular weight excluding hydrogens is 259 g/mol. The van der Waals surface area contributed by atoms with Crippen molar-refractivity contribution in [3.05, 3.63) is 48.1 Å². The van der Waals surface area contributed by atoms with Gasteiger partial charge in [-0.2, -0.15) is 12.2 Å². The molecule has 0 unspecified atom stereocenters. The molecule has 15 heavy (non-hydrogen) atoms. The SMILES string of the molecule is CC(C)(C)C1=[C-]CC=C1.[C-]1=CC=CC1.[H-].[H-].[Zr+2]. The predicted molar refractivity (Wildman–Crippen MR) is 63.8 cm³/mol. The van der Waals surface area contributed by atoms with Crippen LogP contribution in [0.25, 0.3) is 0 Å². The third kappa shape index (κ3) is 6.10. The van der Waals surface area contributed by atoms with Crippen molar-refractivity contribution in [2.75, 3.05) is 0 Å². The van der Waals surface area contributed by atoms with Gasteiger partial charge >= 0.3 is 26.2 Å². The Morgan fingerprint density at radius 2 is 1.93 bits per heavy atom. The van der Waals surface area contributed by atoms with Crippen LogP contribution in [-0.4, -0.2) is 0 Å². The predicted octanol–water partition coefficient (Wildman–Crippen LogP) is 4.25. The molecule has 2 aliphatic rings. The molecule has 0 atom stereocenters. The fourth-order valence-corrected chi connectivity index (χ4v) is 1.26. The maximum absolute atomic E-state index is 3.30. The first-order valence-electron chi connectivity index (χ1n) is 5.10. The Kier molecular flexibility index (Phi) is 7.10. The maximum atomic E-state index is 3.30. The molecular formula is C14H20Zr-2. The molecule has 0 aromatic carbocycles. The zero-order valence-corrected chi connectivity index (χ0v) is 12.3. The van der Waals surface area contributed by atoms with Crippen molar-refractivity contribution in [3.63, 3.8) is 0 Å². The molecule has 0 heterocycles. The molecule has 0 saturated heterocycles. The van der Waals surface area contributed by atoms with E-state index in [4.69, 9.17) is 0 Å². The van der Waals surface area contributed by atoms with Gasteiger partial charge in [-0.25, -0.2) is 23.8 Å². The Balaban J connectivity index is -0.000000216. The van der Waals surface area contributed by atoms with E-state index >= 15 is 0 Å². The van der Waals surface area contributed by atoms with Gasteiger partial charge in [0.05, 0.1) is 0 Å². The van der Waals surface area contributed by atoms with Gasteiger partial charge in [-0.15, -0.1) is 12.8 Å². The quantitative estimate of drug-likeness (QED) is 0.582. The molecule has 82 valence electrons. The van der Waals surface area contributed by atoms with Gasteiger partial charge in [-0.05, 0) is 5.41 Å². The van der Waals surface area contributed by atoms with Gasteiger partial charge in [0, 0.05) is 0 Å². The molecule has 0 radical (unpaired) electrons. The topological polar surface area (TPSA) is 0 Å². The molecule has 0 N–H and O–H groups in total. The van der Waals surface area contributed by atoms with Crippen molar-refractivity contribution < 1.29 is 29.1 Å². The van der Waals surface area contributed by atoms with Gasteiger partial charge in [0.2, 0.25) is 0 Å². The smallest absolute Gasteiger partial charge is 1.00 e. The second-order valence-corrected chi connectivity index (χ2v) is 4.45. The minimum atomic E-state index is 0. The summed E-state index contributed by atoms with van der Waals surface area (Å²) in [6, 6.07) is 0. The van der Waals surface area contributed by atoms with E-state index in [0.717, 1.165) is 12.8 Å². The van der Waals surface area contributed by atoms with E-state index in [2.05, 4.69) is 51.2 Å². The van der Waals surface area contributed by atoms with Crippen LogP contribution in [0.2, 0.25) is 0 Å². The fraction of sp³-hybridized carbons (Fsp3) is 0.429. The Morgan fingerprint density at radius 1 is 1.20 bits per heavy atom. The van der Waals surface area contributed by atoms with Gasteiger partial charge in [0.25, 0.3) is 0 Å². The van der Waals surface area contributed by atoms with Crippen LogP contribution in [0.3, 0.4) is 0 Å². The molecule has 0 bridgehead atoms. The Bertz CT molecular complexity index is 284. The summed E-state index contributed by atoms with van der Waals surface area (Å²) in [6.45, 7) is 6.64. The molecule has 0 spiro atoms. The summed E-state index contributed by atoms with van der Waals surface area (Å²) in [5, 5.41) is 0. The minimum Gasteiger partial charge on any atom is -1.00 e. The van der Waals surface area contributed by atoms with E-state index in [0.29, 0.717) is 5.41 Å². The minimum absolute atomic E-state index is 0. The monoisotopic (exact) mass is 278 g/mol. The normalized spacial score (nSPS) is 16.9. The van der Waals surface area contributed by atoms with E-state index < -0.39 is 0 Å². The Hall–Kier alpha value is -0.157. The number of hydrogen-bond acceptors (Lipinski definition) is 0. The zero-order chi connectivity index (χ0) is 10.4. The zero-order valence-electron chi connectivity index (χ0n) is 11.8. The van der Waals surface area contributed by atoms with Crippen LogP contribution in [0.1, 0.15) is 36.5 Å². The first-order valence-corrected chi connectivity index (χ1v) is 5.10. The van der Waals surface area contributed by atoms with Gasteiger partial charge < -0.3 is 2.85 Å². The summed E-state index contributed by atoms with van der Waals surface area (Å²) >= 11 is 0. The second kappa shape index (κ2) is 7.17. The third-order valence-electron chi connectivity index (χ3n) is 2.09. The van der Waals surface area contributed by atoms with Crippen molar-refractivity contribution in [1.82, 2.24) is 0 Å². The third-order valence-corrected chi connectivity index (χ3v) is 2.09. The number of allylic oxidation sites excluding steroid dienone is 8. The van der Waals surface area contributed by atoms with Crippen molar-refractivity contribution in [3.8, 4) is 0 Å². The Morgan fingerprint density at radius 3 is 2.13 bits per heavy atom. The molecule has 2 aliphatic carbocycles. The fourth-order valence-electron chi connectivity index (χ4n) is 1.26. The summed E-state index contributed by atoms with van der Waals surface area (Å²) in [5.41, 5.74) is 1.65. The molecule has 0 saturated carbocycles. The van der Waals surface area contributed by atoms with Crippen LogP contribution in [0.4, 0.5) is 0 Å². The van der Waals surface area contributed by atoms with E-state index in [1.54, 1.807) is 0 Å². The maximum Gasteiger partial charge on any atom is 2.00 e. The van der Waals surface area contributed by atoms with Gasteiger partial charge in [-0.3, -0.25) is 12.2 Å². The van der Waals surface area contributed by atoms with E-state index in [9.17, 15) is 0 Å². The summed E-state index contributed by atoms with van der Waals surface area (Å²) in [6.07, 6.45) is 18.6. The van der Waals surface area contributed by atoms with Gasteiger partial charge in [-0.1, -0.05) is 20.8 Å². The molecule has 0 aromatic heterocycles. The largest absolute Gasteiger partial charge is 2.00 e. The molecule has 0 amide bonds. The molecule has 0 aromatic rings. The van der Waals surface area contributed by atoms with Gasteiger partial charge in [0.1, 0.15) is 0 Å². The molecule has 0 fully saturated rings. The van der Waals surface area contributed by atoms with Crippen molar-refractivity contribution in [2.24, 2.45) is 5.41 Å². The molecule has 0 aliphatic heterocycles. The first kappa shape index (κ1) is 14.8. The van der Waals surface area contributed by atoms with Crippen LogP contribution >= 0.6 is 0 Å². The van der Waals surface area contributed by atoms with Crippen molar-refractivity contribution >= 4 is 0 Å². The molecule has 0 nitrogen and oxygen atoms in total.